The lowest BCUT2D eigenvalue weighted by atomic mass is 10.2. The number of carbonyl (C=O) groups is 1. The van der Waals surface area contributed by atoms with E-state index in [1.54, 1.807) is 48.8 Å². The Morgan fingerprint density at radius 2 is 1.68 bits per heavy atom. The maximum absolute atomic E-state index is 12.4. The van der Waals surface area contributed by atoms with Gasteiger partial charge in [0.05, 0.1) is 10.8 Å². The van der Waals surface area contributed by atoms with Crippen LogP contribution in [0.15, 0.2) is 59.8 Å². The Morgan fingerprint density at radius 3 is 2.21 bits per heavy atom. The second-order valence-electron chi connectivity index (χ2n) is 3.67. The molecule has 2 atom stereocenters. The second kappa shape index (κ2) is 7.01. The van der Waals surface area contributed by atoms with Gasteiger partial charge in [-0.2, -0.15) is 0 Å². The molecule has 0 aliphatic heterocycles. The van der Waals surface area contributed by atoms with Crippen LogP contribution in [-0.4, -0.2) is 15.1 Å². The fourth-order valence-corrected chi connectivity index (χ4v) is 2.94. The average Bonchev–Trinajstić information content (AvgIpc) is 2.40. The van der Waals surface area contributed by atoms with Crippen molar-refractivity contribution in [1.82, 2.24) is 4.98 Å². The number of hydrogen-bond donors (Lipinski definition) is 1. The first-order valence-electron chi connectivity index (χ1n) is 5.35. The minimum absolute atomic E-state index is 0. The number of carbonyl (C=O) groups excluding carboxylic acids is 1. The van der Waals surface area contributed by atoms with Crippen LogP contribution in [0.3, 0.4) is 0 Å². The fourth-order valence-electron chi connectivity index (χ4n) is 1.62. The van der Waals surface area contributed by atoms with Gasteiger partial charge in [0.2, 0.25) is 5.91 Å². The summed E-state index contributed by atoms with van der Waals surface area (Å²) in [5.74, 6) is -0.608. The predicted octanol–water partition coefficient (Wildman–Crippen LogP) is 1.84. The molecule has 0 saturated carbocycles. The Balaban J connectivity index is 0.00000180. The summed E-state index contributed by atoms with van der Waals surface area (Å²) in [7, 11) is -1.50. The molecule has 1 aromatic carbocycles. The molecule has 4 nitrogen and oxygen atoms in total. The van der Waals surface area contributed by atoms with Crippen LogP contribution >= 0.6 is 12.4 Å². The number of nitrogens with zero attached hydrogens (tertiary/aromatic N) is 1. The first-order valence-corrected chi connectivity index (χ1v) is 6.56. The number of primary amides is 1. The number of hydrogen-bond acceptors (Lipinski definition) is 3. The van der Waals surface area contributed by atoms with E-state index in [0.29, 0.717) is 10.5 Å². The quantitative estimate of drug-likeness (QED) is 0.935. The van der Waals surface area contributed by atoms with E-state index in [1.807, 2.05) is 6.07 Å². The molecule has 1 aromatic heterocycles. The molecule has 2 aromatic rings. The van der Waals surface area contributed by atoms with Gasteiger partial charge in [0.15, 0.2) is 0 Å². The number of amides is 1. The van der Waals surface area contributed by atoms with E-state index < -0.39 is 22.0 Å². The third kappa shape index (κ3) is 3.62. The molecule has 2 rings (SSSR count). The molecule has 0 fully saturated rings. The smallest absolute Gasteiger partial charge is 0.238 e. The molecule has 0 aliphatic rings. The van der Waals surface area contributed by atoms with Crippen molar-refractivity contribution >= 4 is 29.1 Å². The van der Waals surface area contributed by atoms with Crippen LogP contribution in [0, 0.1) is 0 Å². The maximum atomic E-state index is 12.4. The van der Waals surface area contributed by atoms with Crippen molar-refractivity contribution in [3.63, 3.8) is 0 Å². The number of nitrogens with two attached hydrogens (primary N) is 1. The molecule has 1 heterocycles. The van der Waals surface area contributed by atoms with E-state index in [-0.39, 0.29) is 12.4 Å². The lowest BCUT2D eigenvalue weighted by Gasteiger charge is -2.13. The van der Waals surface area contributed by atoms with Crippen molar-refractivity contribution in [2.45, 2.75) is 10.1 Å². The second-order valence-corrected chi connectivity index (χ2v) is 5.21. The van der Waals surface area contributed by atoms with Gasteiger partial charge in [0.1, 0.15) is 5.25 Å². The van der Waals surface area contributed by atoms with Gasteiger partial charge in [0.25, 0.3) is 0 Å². The van der Waals surface area contributed by atoms with E-state index >= 15 is 0 Å². The number of pyridine rings is 1. The molecule has 0 aliphatic carbocycles. The van der Waals surface area contributed by atoms with Crippen LogP contribution in [-0.2, 0) is 15.6 Å². The topological polar surface area (TPSA) is 73.1 Å². The highest BCUT2D eigenvalue weighted by molar-refractivity contribution is 7.86. The van der Waals surface area contributed by atoms with Crippen molar-refractivity contribution in [3.05, 3.63) is 60.4 Å². The zero-order chi connectivity index (χ0) is 13.0. The van der Waals surface area contributed by atoms with Gasteiger partial charge in [-0.05, 0) is 29.8 Å². The molecule has 19 heavy (non-hydrogen) atoms. The summed E-state index contributed by atoms with van der Waals surface area (Å²) in [5, 5.41) is -0.851. The molecule has 2 N–H and O–H groups in total. The summed E-state index contributed by atoms with van der Waals surface area (Å²) in [5.41, 5.74) is 5.97. The molecule has 0 radical (unpaired) electrons. The minimum Gasteiger partial charge on any atom is -0.368 e. The van der Waals surface area contributed by atoms with Gasteiger partial charge in [-0.25, -0.2) is 0 Å². The molecule has 2 unspecified atom stereocenters. The zero-order valence-corrected chi connectivity index (χ0v) is 11.6. The average molecular weight is 297 g/mol. The molecule has 1 amide bonds. The van der Waals surface area contributed by atoms with Gasteiger partial charge < -0.3 is 5.73 Å². The molecule has 6 heteroatoms. The Labute approximate surface area is 119 Å². The summed E-state index contributed by atoms with van der Waals surface area (Å²) in [4.78, 5) is 16.0. The van der Waals surface area contributed by atoms with Gasteiger partial charge in [-0.3, -0.25) is 14.0 Å². The largest absolute Gasteiger partial charge is 0.368 e. The van der Waals surface area contributed by atoms with Gasteiger partial charge in [-0.15, -0.1) is 12.4 Å². The molecular weight excluding hydrogens is 284 g/mol. The van der Waals surface area contributed by atoms with Crippen molar-refractivity contribution < 1.29 is 9.00 Å². The summed E-state index contributed by atoms with van der Waals surface area (Å²) in [6, 6.07) is 12.1. The standard InChI is InChI=1S/C13H12N2O2S.ClH/c14-13(16)12(10-6-8-15-9-7-10)18(17)11-4-2-1-3-5-11;/h1-9,12H,(H2,14,16);1H. The van der Waals surface area contributed by atoms with Gasteiger partial charge in [0, 0.05) is 17.3 Å². The number of aromatic nitrogens is 1. The van der Waals surface area contributed by atoms with Crippen LogP contribution in [0.1, 0.15) is 10.8 Å². The van der Waals surface area contributed by atoms with Crippen molar-refractivity contribution in [1.29, 1.82) is 0 Å². The van der Waals surface area contributed by atoms with Crippen molar-refractivity contribution in [2.24, 2.45) is 5.73 Å². The normalized spacial score (nSPS) is 13.1. The lowest BCUT2D eigenvalue weighted by molar-refractivity contribution is -0.117. The highest BCUT2D eigenvalue weighted by Gasteiger charge is 2.25. The van der Waals surface area contributed by atoms with Crippen LogP contribution in [0.5, 0.6) is 0 Å². The van der Waals surface area contributed by atoms with Crippen LogP contribution in [0.4, 0.5) is 0 Å². The molecule has 0 saturated heterocycles. The molecule has 0 spiro atoms. The van der Waals surface area contributed by atoms with Gasteiger partial charge in [-0.1, -0.05) is 18.2 Å². The number of halogens is 1. The fraction of sp³-hybridized carbons (Fsp3) is 0.0769. The third-order valence-electron chi connectivity index (χ3n) is 2.46. The summed E-state index contributed by atoms with van der Waals surface area (Å²) in [6.45, 7) is 0. The Kier molecular flexibility index (Phi) is 5.66. The van der Waals surface area contributed by atoms with Crippen LogP contribution in [0.25, 0.3) is 0 Å². The predicted molar refractivity (Wildman–Crippen MR) is 76.3 cm³/mol. The Morgan fingerprint density at radius 1 is 1.11 bits per heavy atom. The van der Waals surface area contributed by atoms with Crippen LogP contribution in [0.2, 0.25) is 0 Å². The van der Waals surface area contributed by atoms with E-state index in [9.17, 15) is 9.00 Å². The molecule has 100 valence electrons. The Hall–Kier alpha value is -1.72. The highest BCUT2D eigenvalue weighted by atomic mass is 35.5. The van der Waals surface area contributed by atoms with E-state index in [0.717, 1.165) is 0 Å². The summed E-state index contributed by atoms with van der Waals surface area (Å²) >= 11 is 0. The number of benzene rings is 1. The maximum Gasteiger partial charge on any atom is 0.238 e. The third-order valence-corrected chi connectivity index (χ3v) is 4.13. The summed E-state index contributed by atoms with van der Waals surface area (Å²) < 4.78 is 12.4. The minimum atomic E-state index is -1.50. The molecule has 0 bridgehead atoms. The zero-order valence-electron chi connectivity index (χ0n) is 9.93. The van der Waals surface area contributed by atoms with E-state index in [4.69, 9.17) is 5.73 Å². The SMILES string of the molecule is Cl.NC(=O)C(c1ccncc1)S(=O)c1ccccc1. The van der Waals surface area contributed by atoms with E-state index in [1.165, 1.54) is 0 Å². The lowest BCUT2D eigenvalue weighted by Crippen LogP contribution is -2.25. The number of rotatable bonds is 4. The highest BCUT2D eigenvalue weighted by Crippen LogP contribution is 2.24. The molecular formula is C13H13ClN2O2S. The van der Waals surface area contributed by atoms with Crippen molar-refractivity contribution in [2.75, 3.05) is 0 Å². The van der Waals surface area contributed by atoms with E-state index in [2.05, 4.69) is 4.98 Å². The Bertz CT molecular complexity index is 563. The summed E-state index contributed by atoms with van der Waals surface area (Å²) in [6.07, 6.45) is 3.10. The van der Waals surface area contributed by atoms with Crippen molar-refractivity contribution in [3.8, 4) is 0 Å². The van der Waals surface area contributed by atoms with Gasteiger partial charge >= 0.3 is 0 Å². The monoisotopic (exact) mass is 296 g/mol. The first kappa shape index (κ1) is 15.3. The first-order chi connectivity index (χ1) is 8.70. The van der Waals surface area contributed by atoms with Crippen LogP contribution < -0.4 is 5.73 Å².